The Bertz CT molecular complexity index is 1320. The average Bonchev–Trinajstić information content (AvgIpc) is 3.42. The summed E-state index contributed by atoms with van der Waals surface area (Å²) < 4.78 is 11.7. The Balaban J connectivity index is 1.66. The molecule has 8 nitrogen and oxygen atoms in total. The Morgan fingerprint density at radius 2 is 2.03 bits per heavy atom. The standard InChI is InChI=1S/C23H17Br2N3O5S/c1-32-19-7-13(4-5-18(19)29)11-26-27-23-28(12-16-3-2-6-33-16)22(31)20(34-23)9-14-8-15(24)10-17(25)21(14)30/h2-11,29-30H,12H2,1H3/b20-9-,26-11-,27-23+. The Morgan fingerprint density at radius 1 is 1.21 bits per heavy atom. The number of methoxy groups -OCH3 is 1. The van der Waals surface area contributed by atoms with Gasteiger partial charge in [0.05, 0.1) is 35.5 Å². The van der Waals surface area contributed by atoms with Gasteiger partial charge in [0, 0.05) is 10.0 Å². The maximum Gasteiger partial charge on any atom is 0.267 e. The molecule has 1 aromatic heterocycles. The summed E-state index contributed by atoms with van der Waals surface area (Å²) in [5.41, 5.74) is 1.13. The molecule has 174 valence electrons. The number of rotatable bonds is 6. The van der Waals surface area contributed by atoms with Crippen LogP contribution >= 0.6 is 43.6 Å². The highest BCUT2D eigenvalue weighted by Crippen LogP contribution is 2.38. The Kier molecular flexibility index (Phi) is 7.44. The second kappa shape index (κ2) is 10.5. The van der Waals surface area contributed by atoms with Crippen LogP contribution in [0.2, 0.25) is 0 Å². The molecule has 3 aromatic rings. The number of carbonyl (C=O) groups is 1. The number of carbonyl (C=O) groups excluding carboxylic acids is 1. The first-order chi connectivity index (χ1) is 16.4. The van der Waals surface area contributed by atoms with Gasteiger partial charge in [0.15, 0.2) is 16.7 Å². The minimum atomic E-state index is -0.294. The topological polar surface area (TPSA) is 108 Å². The molecular formula is C23H17Br2N3O5S. The Morgan fingerprint density at radius 3 is 2.76 bits per heavy atom. The number of amidine groups is 1. The zero-order valence-corrected chi connectivity index (χ0v) is 21.6. The van der Waals surface area contributed by atoms with Gasteiger partial charge in [-0.2, -0.15) is 5.10 Å². The number of aromatic hydroxyl groups is 2. The summed E-state index contributed by atoms with van der Waals surface area (Å²) in [7, 11) is 1.46. The van der Waals surface area contributed by atoms with E-state index in [0.717, 1.165) is 16.2 Å². The van der Waals surface area contributed by atoms with E-state index in [0.29, 0.717) is 37.2 Å². The molecule has 0 spiro atoms. The van der Waals surface area contributed by atoms with Gasteiger partial charge < -0.3 is 19.4 Å². The van der Waals surface area contributed by atoms with Crippen molar-refractivity contribution in [1.29, 1.82) is 0 Å². The molecular weight excluding hydrogens is 590 g/mol. The molecule has 11 heteroatoms. The smallest absolute Gasteiger partial charge is 0.267 e. The SMILES string of the molecule is COc1cc(/C=N\N=C2\S/C(=C\c3cc(Br)cc(Br)c3O)C(=O)N2Cc2ccco2)ccc1O. The molecule has 0 radical (unpaired) electrons. The molecule has 1 fully saturated rings. The summed E-state index contributed by atoms with van der Waals surface area (Å²) in [6.07, 6.45) is 4.62. The number of ether oxygens (including phenoxy) is 1. The number of phenolic OH excluding ortho intramolecular Hbond substituents is 2. The third-order valence-electron chi connectivity index (χ3n) is 4.68. The van der Waals surface area contributed by atoms with Gasteiger partial charge in [-0.1, -0.05) is 15.9 Å². The number of furan rings is 1. The lowest BCUT2D eigenvalue weighted by Crippen LogP contribution is -2.28. The summed E-state index contributed by atoms with van der Waals surface area (Å²) in [5.74, 6) is 0.642. The number of phenols is 2. The first kappa shape index (κ1) is 24.1. The van der Waals surface area contributed by atoms with Gasteiger partial charge >= 0.3 is 0 Å². The van der Waals surface area contributed by atoms with Crippen LogP contribution in [-0.2, 0) is 11.3 Å². The van der Waals surface area contributed by atoms with Gasteiger partial charge in [-0.25, -0.2) is 0 Å². The van der Waals surface area contributed by atoms with Gasteiger partial charge in [0.1, 0.15) is 11.5 Å². The first-order valence-electron chi connectivity index (χ1n) is 9.75. The number of nitrogens with zero attached hydrogens (tertiary/aromatic N) is 3. The van der Waals surface area contributed by atoms with Crippen molar-refractivity contribution < 1.29 is 24.2 Å². The van der Waals surface area contributed by atoms with E-state index < -0.39 is 0 Å². The number of amides is 1. The monoisotopic (exact) mass is 605 g/mol. The maximum absolute atomic E-state index is 13.2. The van der Waals surface area contributed by atoms with Crippen molar-refractivity contribution in [2.75, 3.05) is 7.11 Å². The summed E-state index contributed by atoms with van der Waals surface area (Å²) >= 11 is 7.83. The van der Waals surface area contributed by atoms with Crippen LogP contribution in [0.15, 0.2) is 77.2 Å². The maximum atomic E-state index is 13.2. The lowest BCUT2D eigenvalue weighted by molar-refractivity contribution is -0.122. The molecule has 2 aromatic carbocycles. The van der Waals surface area contributed by atoms with E-state index in [1.165, 1.54) is 30.6 Å². The van der Waals surface area contributed by atoms with Crippen LogP contribution in [0, 0.1) is 0 Å². The highest BCUT2D eigenvalue weighted by Gasteiger charge is 2.34. The van der Waals surface area contributed by atoms with Crippen LogP contribution in [0.1, 0.15) is 16.9 Å². The van der Waals surface area contributed by atoms with Crippen LogP contribution < -0.4 is 4.74 Å². The van der Waals surface area contributed by atoms with Crippen molar-refractivity contribution in [2.45, 2.75) is 6.54 Å². The van der Waals surface area contributed by atoms with E-state index in [2.05, 4.69) is 42.1 Å². The van der Waals surface area contributed by atoms with Crippen LogP contribution in [0.3, 0.4) is 0 Å². The summed E-state index contributed by atoms with van der Waals surface area (Å²) in [5, 5.41) is 28.8. The molecule has 0 aliphatic carbocycles. The molecule has 1 saturated heterocycles. The fourth-order valence-corrected chi connectivity index (χ4v) is 5.22. The summed E-state index contributed by atoms with van der Waals surface area (Å²) in [6.45, 7) is 0.172. The Hall–Kier alpha value is -3.02. The lowest BCUT2D eigenvalue weighted by atomic mass is 10.2. The van der Waals surface area contributed by atoms with E-state index in [-0.39, 0.29) is 24.0 Å². The van der Waals surface area contributed by atoms with Crippen molar-refractivity contribution in [2.24, 2.45) is 10.2 Å². The van der Waals surface area contributed by atoms with E-state index >= 15 is 0 Å². The molecule has 1 aliphatic rings. The minimum Gasteiger partial charge on any atom is -0.506 e. The second-order valence-corrected chi connectivity index (χ2v) is 9.74. The lowest BCUT2D eigenvalue weighted by Gasteiger charge is -2.12. The highest BCUT2D eigenvalue weighted by molar-refractivity contribution is 9.11. The van der Waals surface area contributed by atoms with E-state index in [4.69, 9.17) is 9.15 Å². The van der Waals surface area contributed by atoms with Gasteiger partial charge in [0.25, 0.3) is 5.91 Å². The second-order valence-electron chi connectivity index (χ2n) is 6.97. The fourth-order valence-electron chi connectivity index (χ4n) is 3.04. The molecule has 0 unspecified atom stereocenters. The molecule has 0 bridgehead atoms. The summed E-state index contributed by atoms with van der Waals surface area (Å²) in [6, 6.07) is 11.7. The molecule has 2 heterocycles. The third kappa shape index (κ3) is 5.37. The number of thioether (sulfide) groups is 1. The predicted molar refractivity (Wildman–Crippen MR) is 138 cm³/mol. The third-order valence-corrected chi connectivity index (χ3v) is 6.74. The normalized spacial score (nSPS) is 16.3. The fraction of sp³-hybridized carbons (Fsp3) is 0.0870. The zero-order valence-electron chi connectivity index (χ0n) is 17.6. The van der Waals surface area contributed by atoms with Crippen LogP contribution in [0.4, 0.5) is 0 Å². The minimum absolute atomic E-state index is 0.0183. The molecule has 0 atom stereocenters. The van der Waals surface area contributed by atoms with Crippen molar-refractivity contribution in [3.8, 4) is 17.2 Å². The van der Waals surface area contributed by atoms with Crippen LogP contribution in [-0.4, -0.2) is 39.5 Å². The highest BCUT2D eigenvalue weighted by atomic mass is 79.9. The molecule has 0 saturated carbocycles. The molecule has 1 amide bonds. The van der Waals surface area contributed by atoms with E-state index in [1.54, 1.807) is 42.5 Å². The van der Waals surface area contributed by atoms with Crippen molar-refractivity contribution in [3.63, 3.8) is 0 Å². The van der Waals surface area contributed by atoms with Crippen molar-refractivity contribution in [3.05, 3.63) is 79.5 Å². The number of hydrogen-bond acceptors (Lipinski definition) is 8. The number of halogens is 2. The molecule has 34 heavy (non-hydrogen) atoms. The quantitative estimate of drug-likeness (QED) is 0.211. The molecule has 1 aliphatic heterocycles. The number of hydrogen-bond donors (Lipinski definition) is 2. The van der Waals surface area contributed by atoms with Gasteiger partial charge in [-0.05, 0) is 81.8 Å². The van der Waals surface area contributed by atoms with Crippen molar-refractivity contribution >= 4 is 67.0 Å². The average molecular weight is 607 g/mol. The van der Waals surface area contributed by atoms with Crippen molar-refractivity contribution in [1.82, 2.24) is 4.90 Å². The molecule has 2 N–H and O–H groups in total. The Labute approximate surface area is 215 Å². The predicted octanol–water partition coefficient (Wildman–Crippen LogP) is 5.73. The van der Waals surface area contributed by atoms with Gasteiger partial charge in [-0.3, -0.25) is 9.69 Å². The zero-order chi connectivity index (χ0) is 24.2. The number of benzene rings is 2. The van der Waals surface area contributed by atoms with E-state index in [9.17, 15) is 15.0 Å². The van der Waals surface area contributed by atoms with Gasteiger partial charge in [0.2, 0.25) is 0 Å². The molecule has 4 rings (SSSR count). The first-order valence-corrected chi connectivity index (χ1v) is 12.2. The van der Waals surface area contributed by atoms with Gasteiger partial charge in [-0.15, -0.1) is 5.10 Å². The van der Waals surface area contributed by atoms with E-state index in [1.807, 2.05) is 0 Å². The summed E-state index contributed by atoms with van der Waals surface area (Å²) in [4.78, 5) is 15.0. The van der Waals surface area contributed by atoms with Crippen LogP contribution in [0.25, 0.3) is 6.08 Å². The largest absolute Gasteiger partial charge is 0.506 e. The van der Waals surface area contributed by atoms with Crippen LogP contribution in [0.5, 0.6) is 17.2 Å².